The number of hydrogen-bond donors (Lipinski definition) is 1. The van der Waals surface area contributed by atoms with E-state index < -0.39 is 17.7 Å². The second kappa shape index (κ2) is 10.1. The third-order valence-electron chi connectivity index (χ3n) is 6.55. The first-order valence-corrected chi connectivity index (χ1v) is 11.5. The second-order valence-electron chi connectivity index (χ2n) is 8.63. The Morgan fingerprint density at radius 1 is 0.914 bits per heavy atom. The van der Waals surface area contributed by atoms with Crippen LogP contribution in [-0.2, 0) is 16.0 Å². The number of methoxy groups -OCH3 is 2. The molecule has 1 amide bonds. The first-order valence-electron chi connectivity index (χ1n) is 11.5. The summed E-state index contributed by atoms with van der Waals surface area (Å²) in [5, 5.41) is 11.3. The Balaban J connectivity index is 1.79. The molecule has 0 spiro atoms. The first-order chi connectivity index (χ1) is 16.8. The molecule has 3 aromatic carbocycles. The number of amides is 1. The molecule has 180 valence electrons. The Kier molecular flexibility index (Phi) is 6.92. The fourth-order valence-electron chi connectivity index (χ4n) is 4.41. The number of aliphatic hydroxyl groups is 1. The van der Waals surface area contributed by atoms with Gasteiger partial charge in [-0.1, -0.05) is 42.5 Å². The molecule has 0 bridgehead atoms. The van der Waals surface area contributed by atoms with Gasteiger partial charge in [0.1, 0.15) is 17.3 Å². The van der Waals surface area contributed by atoms with Crippen molar-refractivity contribution in [1.82, 2.24) is 4.90 Å². The Morgan fingerprint density at radius 3 is 2.29 bits per heavy atom. The highest BCUT2D eigenvalue weighted by Crippen LogP contribution is 2.42. The van der Waals surface area contributed by atoms with Crippen molar-refractivity contribution >= 4 is 17.4 Å². The van der Waals surface area contributed by atoms with Gasteiger partial charge in [-0.05, 0) is 61.2 Å². The number of likely N-dealkylation sites (tertiary alicyclic amines) is 1. The largest absolute Gasteiger partial charge is 0.507 e. The Bertz CT molecular complexity index is 1290. The third-order valence-corrected chi connectivity index (χ3v) is 6.55. The van der Waals surface area contributed by atoms with E-state index in [4.69, 9.17) is 9.47 Å². The van der Waals surface area contributed by atoms with Crippen molar-refractivity contribution in [2.75, 3.05) is 20.8 Å². The molecule has 6 nitrogen and oxygen atoms in total. The van der Waals surface area contributed by atoms with Gasteiger partial charge in [-0.25, -0.2) is 0 Å². The van der Waals surface area contributed by atoms with Gasteiger partial charge in [0.05, 0.1) is 25.8 Å². The van der Waals surface area contributed by atoms with Crippen LogP contribution in [0.2, 0.25) is 0 Å². The van der Waals surface area contributed by atoms with Gasteiger partial charge in [0.2, 0.25) is 0 Å². The van der Waals surface area contributed by atoms with Crippen molar-refractivity contribution in [3.8, 4) is 11.5 Å². The highest BCUT2D eigenvalue weighted by Gasteiger charge is 2.46. The highest BCUT2D eigenvalue weighted by atomic mass is 16.5. The van der Waals surface area contributed by atoms with Crippen LogP contribution in [0.1, 0.15) is 33.9 Å². The van der Waals surface area contributed by atoms with Gasteiger partial charge in [-0.3, -0.25) is 9.59 Å². The second-order valence-corrected chi connectivity index (χ2v) is 8.63. The molecule has 0 saturated carbocycles. The maximum Gasteiger partial charge on any atom is 0.295 e. The van der Waals surface area contributed by atoms with Gasteiger partial charge in [0, 0.05) is 17.7 Å². The van der Waals surface area contributed by atoms with E-state index in [2.05, 4.69) is 0 Å². The fourth-order valence-corrected chi connectivity index (χ4v) is 4.41. The molecule has 35 heavy (non-hydrogen) atoms. The third kappa shape index (κ3) is 4.64. The van der Waals surface area contributed by atoms with Gasteiger partial charge < -0.3 is 19.5 Å². The van der Waals surface area contributed by atoms with Gasteiger partial charge >= 0.3 is 0 Å². The zero-order valence-corrected chi connectivity index (χ0v) is 20.4. The molecule has 1 saturated heterocycles. The molecule has 0 aliphatic carbocycles. The molecular weight excluding hydrogens is 442 g/mol. The summed E-state index contributed by atoms with van der Waals surface area (Å²) >= 11 is 0. The predicted molar refractivity (Wildman–Crippen MR) is 135 cm³/mol. The summed E-state index contributed by atoms with van der Waals surface area (Å²) in [5.41, 5.74) is 4.27. The number of rotatable bonds is 7. The highest BCUT2D eigenvalue weighted by molar-refractivity contribution is 6.46. The molecule has 1 fully saturated rings. The Hall–Kier alpha value is -4.06. The van der Waals surface area contributed by atoms with E-state index in [0.717, 1.165) is 22.4 Å². The quantitative estimate of drug-likeness (QED) is 0.299. The number of nitrogens with zero attached hydrogens (tertiary/aromatic N) is 1. The molecule has 1 heterocycles. The Labute approximate surface area is 205 Å². The van der Waals surface area contributed by atoms with Crippen LogP contribution >= 0.6 is 0 Å². The van der Waals surface area contributed by atoms with E-state index in [1.165, 1.54) is 4.90 Å². The summed E-state index contributed by atoms with van der Waals surface area (Å²) < 4.78 is 10.8. The minimum absolute atomic E-state index is 0.0671. The van der Waals surface area contributed by atoms with Crippen molar-refractivity contribution in [2.24, 2.45) is 0 Å². The normalized spacial score (nSPS) is 17.0. The van der Waals surface area contributed by atoms with Gasteiger partial charge in [0.15, 0.2) is 0 Å². The maximum absolute atomic E-state index is 13.3. The van der Waals surface area contributed by atoms with Crippen molar-refractivity contribution < 1.29 is 24.2 Å². The minimum atomic E-state index is -0.772. The van der Waals surface area contributed by atoms with Crippen LogP contribution in [0.4, 0.5) is 0 Å². The summed E-state index contributed by atoms with van der Waals surface area (Å²) in [6.07, 6.45) is 0.534. The predicted octanol–water partition coefficient (Wildman–Crippen LogP) is 4.99. The zero-order chi connectivity index (χ0) is 25.1. The molecule has 1 unspecified atom stereocenters. The zero-order valence-electron chi connectivity index (χ0n) is 20.4. The monoisotopic (exact) mass is 471 g/mol. The lowest BCUT2D eigenvalue weighted by Crippen LogP contribution is -2.31. The molecule has 0 radical (unpaired) electrons. The number of benzene rings is 3. The lowest BCUT2D eigenvalue weighted by molar-refractivity contribution is -0.139. The van der Waals surface area contributed by atoms with Gasteiger partial charge in [-0.15, -0.1) is 0 Å². The lowest BCUT2D eigenvalue weighted by atomic mass is 9.93. The summed E-state index contributed by atoms with van der Waals surface area (Å²) in [5.74, 6) is -0.239. The van der Waals surface area contributed by atoms with Crippen LogP contribution in [0, 0.1) is 13.8 Å². The number of ether oxygens (including phenoxy) is 2. The van der Waals surface area contributed by atoms with Crippen molar-refractivity contribution in [3.63, 3.8) is 0 Å². The standard InChI is InChI=1S/C29H29NO5/c1-18-9-12-21(17-19(18)2)27(31)25-26(23-7-5-6-8-24(23)35-4)30(29(33)28(25)32)16-15-20-10-13-22(34-3)14-11-20/h5-14,17,26,31H,15-16H2,1-4H3/b27-25+. The number of aliphatic hydroxyl groups excluding tert-OH is 1. The fraction of sp³-hybridized carbons (Fsp3) is 0.241. The van der Waals surface area contributed by atoms with Gasteiger partial charge in [-0.2, -0.15) is 0 Å². The molecule has 6 heteroatoms. The lowest BCUT2D eigenvalue weighted by Gasteiger charge is -2.26. The number of carbonyl (C=O) groups is 2. The van der Waals surface area contributed by atoms with E-state index in [1.807, 2.05) is 68.4 Å². The number of ketones is 1. The molecule has 1 atom stereocenters. The topological polar surface area (TPSA) is 76.1 Å². The minimum Gasteiger partial charge on any atom is -0.507 e. The average molecular weight is 472 g/mol. The van der Waals surface area contributed by atoms with E-state index >= 15 is 0 Å². The van der Waals surface area contributed by atoms with E-state index in [-0.39, 0.29) is 11.3 Å². The Morgan fingerprint density at radius 2 is 1.63 bits per heavy atom. The van der Waals surface area contributed by atoms with Crippen molar-refractivity contribution in [1.29, 1.82) is 0 Å². The van der Waals surface area contributed by atoms with Crippen LogP contribution in [0.5, 0.6) is 11.5 Å². The molecule has 1 aliphatic rings. The average Bonchev–Trinajstić information content (AvgIpc) is 3.13. The number of aryl methyl sites for hydroxylation is 2. The SMILES string of the molecule is COc1ccc(CCN2C(=O)C(=O)/C(=C(/O)c3ccc(C)c(C)c3)C2c2ccccc2OC)cc1. The number of Topliss-reactive ketones (excluding diaryl/α,β-unsaturated/α-hetero) is 1. The van der Waals surface area contributed by atoms with E-state index in [9.17, 15) is 14.7 Å². The van der Waals surface area contributed by atoms with E-state index in [1.54, 1.807) is 26.4 Å². The van der Waals surface area contributed by atoms with Crippen LogP contribution in [0.15, 0.2) is 72.3 Å². The summed E-state index contributed by atoms with van der Waals surface area (Å²) in [7, 11) is 3.16. The van der Waals surface area contributed by atoms with Crippen LogP contribution in [0.3, 0.4) is 0 Å². The number of hydrogen-bond acceptors (Lipinski definition) is 5. The molecule has 3 aromatic rings. The molecule has 4 rings (SSSR count). The van der Waals surface area contributed by atoms with Crippen LogP contribution in [-0.4, -0.2) is 42.5 Å². The van der Waals surface area contributed by atoms with Gasteiger partial charge in [0.25, 0.3) is 11.7 Å². The summed E-state index contributed by atoms with van der Waals surface area (Å²) in [4.78, 5) is 28.1. The smallest absolute Gasteiger partial charge is 0.295 e. The number of para-hydroxylation sites is 1. The van der Waals surface area contributed by atoms with Crippen LogP contribution < -0.4 is 9.47 Å². The summed E-state index contributed by atoms with van der Waals surface area (Å²) in [6, 6.07) is 19.6. The molecule has 1 N–H and O–H groups in total. The molecule has 1 aliphatic heterocycles. The molecular formula is C29H29NO5. The summed E-state index contributed by atoms with van der Waals surface area (Å²) in [6.45, 7) is 4.21. The first kappa shape index (κ1) is 24.1. The number of carbonyl (C=O) groups excluding carboxylic acids is 2. The maximum atomic E-state index is 13.3. The van der Waals surface area contributed by atoms with Crippen molar-refractivity contribution in [3.05, 3.63) is 100 Å². The van der Waals surface area contributed by atoms with Crippen molar-refractivity contribution in [2.45, 2.75) is 26.3 Å². The molecule has 0 aromatic heterocycles. The van der Waals surface area contributed by atoms with E-state index in [0.29, 0.717) is 29.8 Å². The van der Waals surface area contributed by atoms with Crippen LogP contribution in [0.25, 0.3) is 5.76 Å².